The van der Waals surface area contributed by atoms with Crippen LogP contribution < -0.4 is 15.5 Å². The van der Waals surface area contributed by atoms with Crippen LogP contribution in [0.25, 0.3) is 20.9 Å². The second kappa shape index (κ2) is 11.2. The smallest absolute Gasteiger partial charge is 0.355 e. The molecule has 9 heteroatoms. The highest BCUT2D eigenvalue weighted by Gasteiger charge is 2.19. The van der Waals surface area contributed by atoms with E-state index in [1.54, 1.807) is 36.4 Å². The van der Waals surface area contributed by atoms with Crippen LogP contribution in [0.3, 0.4) is 0 Å². The standard InChI is InChI=1S/C29H20ClN3O4S/c30-26-23-12-3-4-14-24(23)38-27(26)29(36)37-20-10-5-7-18(15-20)16-32-33-25(34)17-31-28(35)22-13-6-9-19-8-1-2-11-21(19)22/h1-16H,17H2,(H,31,35)(H,33,34). The number of esters is 1. The van der Waals surface area contributed by atoms with Gasteiger partial charge in [-0.3, -0.25) is 9.59 Å². The molecular weight excluding hydrogens is 522 g/mol. The zero-order chi connectivity index (χ0) is 26.5. The zero-order valence-electron chi connectivity index (χ0n) is 19.8. The van der Waals surface area contributed by atoms with Crippen LogP contribution in [0.2, 0.25) is 5.02 Å². The van der Waals surface area contributed by atoms with Gasteiger partial charge in [0.05, 0.1) is 17.8 Å². The third-order valence-electron chi connectivity index (χ3n) is 5.64. The number of halogens is 1. The molecule has 7 nitrogen and oxygen atoms in total. The van der Waals surface area contributed by atoms with Gasteiger partial charge in [0.1, 0.15) is 10.6 Å². The molecule has 2 amide bonds. The van der Waals surface area contributed by atoms with Gasteiger partial charge in [-0.2, -0.15) is 5.10 Å². The van der Waals surface area contributed by atoms with E-state index in [1.165, 1.54) is 17.6 Å². The highest BCUT2D eigenvalue weighted by molar-refractivity contribution is 7.21. The lowest BCUT2D eigenvalue weighted by atomic mass is 10.0. The maximum absolute atomic E-state index is 12.7. The molecule has 0 fully saturated rings. The zero-order valence-corrected chi connectivity index (χ0v) is 21.4. The molecule has 0 aliphatic heterocycles. The van der Waals surface area contributed by atoms with Crippen LogP contribution in [0.5, 0.6) is 5.75 Å². The van der Waals surface area contributed by atoms with Crippen LogP contribution in [0, 0.1) is 0 Å². The van der Waals surface area contributed by atoms with Crippen molar-refractivity contribution in [1.82, 2.24) is 10.7 Å². The summed E-state index contributed by atoms with van der Waals surface area (Å²) >= 11 is 7.64. The Morgan fingerprint density at radius 2 is 1.63 bits per heavy atom. The Bertz CT molecular complexity index is 1710. The van der Waals surface area contributed by atoms with Crippen LogP contribution in [0.15, 0.2) is 96.1 Å². The lowest BCUT2D eigenvalue weighted by molar-refractivity contribution is -0.120. The highest BCUT2D eigenvalue weighted by Crippen LogP contribution is 2.35. The summed E-state index contributed by atoms with van der Waals surface area (Å²) in [6.07, 6.45) is 1.41. The number of fused-ring (bicyclic) bond motifs is 2. The molecule has 0 spiro atoms. The number of benzene rings is 4. The topological polar surface area (TPSA) is 96.9 Å². The van der Waals surface area contributed by atoms with Gasteiger partial charge in [-0.15, -0.1) is 11.3 Å². The van der Waals surface area contributed by atoms with Crippen molar-refractivity contribution in [2.24, 2.45) is 5.10 Å². The number of thiophene rings is 1. The molecule has 1 heterocycles. The third kappa shape index (κ3) is 5.56. The molecule has 0 bridgehead atoms. The molecule has 1 aromatic heterocycles. The minimum Gasteiger partial charge on any atom is -0.422 e. The summed E-state index contributed by atoms with van der Waals surface area (Å²) in [7, 11) is 0. The Hall–Kier alpha value is -4.53. The minimum absolute atomic E-state index is 0.243. The number of carbonyl (C=O) groups is 3. The molecule has 5 rings (SSSR count). The highest BCUT2D eigenvalue weighted by atomic mass is 35.5. The van der Waals surface area contributed by atoms with E-state index >= 15 is 0 Å². The van der Waals surface area contributed by atoms with Gasteiger partial charge < -0.3 is 10.1 Å². The lowest BCUT2D eigenvalue weighted by Crippen LogP contribution is -2.35. The number of hydrazone groups is 1. The molecule has 4 aromatic carbocycles. The molecule has 0 radical (unpaired) electrons. The maximum Gasteiger partial charge on any atom is 0.355 e. The fourth-order valence-electron chi connectivity index (χ4n) is 3.85. The number of amides is 2. The maximum atomic E-state index is 12.7. The lowest BCUT2D eigenvalue weighted by Gasteiger charge is -2.07. The Kier molecular flexibility index (Phi) is 7.44. The van der Waals surface area contributed by atoms with Crippen molar-refractivity contribution in [3.63, 3.8) is 0 Å². The second-order valence-electron chi connectivity index (χ2n) is 8.21. The monoisotopic (exact) mass is 541 g/mol. The molecule has 0 saturated carbocycles. The Balaban J connectivity index is 1.16. The number of hydrogen-bond acceptors (Lipinski definition) is 6. The quantitative estimate of drug-likeness (QED) is 0.118. The molecule has 188 valence electrons. The summed E-state index contributed by atoms with van der Waals surface area (Å²) in [6.45, 7) is -0.243. The fourth-order valence-corrected chi connectivity index (χ4v) is 5.24. The van der Waals surface area contributed by atoms with Crippen molar-refractivity contribution in [2.75, 3.05) is 6.54 Å². The fraction of sp³-hybridized carbons (Fsp3) is 0.0345. The average molecular weight is 542 g/mol. The van der Waals surface area contributed by atoms with E-state index in [0.29, 0.717) is 26.8 Å². The first-order chi connectivity index (χ1) is 18.5. The Morgan fingerprint density at radius 3 is 2.47 bits per heavy atom. The van der Waals surface area contributed by atoms with Gasteiger partial charge in [0.2, 0.25) is 0 Å². The van der Waals surface area contributed by atoms with Crippen molar-refractivity contribution in [1.29, 1.82) is 0 Å². The molecule has 0 saturated heterocycles. The van der Waals surface area contributed by atoms with Gasteiger partial charge in [-0.05, 0) is 40.6 Å². The first-order valence-electron chi connectivity index (χ1n) is 11.6. The van der Waals surface area contributed by atoms with Gasteiger partial charge >= 0.3 is 5.97 Å². The minimum atomic E-state index is -0.555. The molecular formula is C29H20ClN3O4S. The predicted octanol–water partition coefficient (Wildman–Crippen LogP) is 5.81. The summed E-state index contributed by atoms with van der Waals surface area (Å²) in [4.78, 5) is 37.8. The summed E-state index contributed by atoms with van der Waals surface area (Å²) < 4.78 is 6.40. The van der Waals surface area contributed by atoms with Crippen LogP contribution in [-0.4, -0.2) is 30.5 Å². The van der Waals surface area contributed by atoms with E-state index in [0.717, 1.165) is 20.9 Å². The summed E-state index contributed by atoms with van der Waals surface area (Å²) in [5.41, 5.74) is 3.46. The van der Waals surface area contributed by atoms with E-state index in [1.807, 2.05) is 54.6 Å². The van der Waals surface area contributed by atoms with E-state index < -0.39 is 11.9 Å². The van der Waals surface area contributed by atoms with Crippen molar-refractivity contribution in [3.05, 3.63) is 112 Å². The van der Waals surface area contributed by atoms with Crippen LogP contribution in [0.1, 0.15) is 25.6 Å². The summed E-state index contributed by atoms with van der Waals surface area (Å²) in [6, 6.07) is 27.1. The number of rotatable bonds is 7. The van der Waals surface area contributed by atoms with Crippen molar-refractivity contribution < 1.29 is 19.1 Å². The number of carbonyl (C=O) groups excluding carboxylic acids is 3. The van der Waals surface area contributed by atoms with Crippen LogP contribution >= 0.6 is 22.9 Å². The number of ether oxygens (including phenoxy) is 1. The van der Waals surface area contributed by atoms with Crippen LogP contribution in [0.4, 0.5) is 0 Å². The first kappa shape index (κ1) is 25.1. The van der Waals surface area contributed by atoms with Crippen molar-refractivity contribution in [2.45, 2.75) is 0 Å². The Labute approximate surface area is 226 Å². The third-order valence-corrected chi connectivity index (χ3v) is 7.29. The largest absolute Gasteiger partial charge is 0.422 e. The molecule has 38 heavy (non-hydrogen) atoms. The summed E-state index contributed by atoms with van der Waals surface area (Å²) in [5.74, 6) is -1.09. The molecule has 0 unspecified atom stereocenters. The van der Waals surface area contributed by atoms with Crippen LogP contribution in [-0.2, 0) is 4.79 Å². The Morgan fingerprint density at radius 1 is 0.895 bits per heavy atom. The van der Waals surface area contributed by atoms with Crippen molar-refractivity contribution >= 4 is 67.8 Å². The molecule has 2 N–H and O–H groups in total. The van der Waals surface area contributed by atoms with Gasteiger partial charge in [0, 0.05) is 15.6 Å². The van der Waals surface area contributed by atoms with E-state index in [2.05, 4.69) is 15.8 Å². The molecule has 0 aliphatic carbocycles. The number of nitrogens with zero attached hydrogens (tertiary/aromatic N) is 1. The van der Waals surface area contributed by atoms with E-state index in [-0.39, 0.29) is 12.5 Å². The predicted molar refractivity (Wildman–Crippen MR) is 150 cm³/mol. The number of hydrogen-bond donors (Lipinski definition) is 2. The van der Waals surface area contributed by atoms with Gasteiger partial charge in [0.25, 0.3) is 11.8 Å². The van der Waals surface area contributed by atoms with Crippen molar-refractivity contribution in [3.8, 4) is 5.75 Å². The normalized spacial score (nSPS) is 11.1. The van der Waals surface area contributed by atoms with E-state index in [4.69, 9.17) is 16.3 Å². The molecule has 0 atom stereocenters. The van der Waals surface area contributed by atoms with E-state index in [9.17, 15) is 14.4 Å². The summed E-state index contributed by atoms with van der Waals surface area (Å²) in [5, 5.41) is 9.45. The molecule has 0 aliphatic rings. The van der Waals surface area contributed by atoms with Gasteiger partial charge in [-0.25, -0.2) is 10.2 Å². The first-order valence-corrected chi connectivity index (χ1v) is 12.8. The van der Waals surface area contributed by atoms with Gasteiger partial charge in [-0.1, -0.05) is 78.3 Å². The molecule has 5 aromatic rings. The SMILES string of the molecule is O=C(CNC(=O)c1cccc2ccccc12)NN=Cc1cccc(OC(=O)c2sc3ccccc3c2Cl)c1. The average Bonchev–Trinajstić information content (AvgIpc) is 3.28. The van der Waals surface area contributed by atoms with Gasteiger partial charge in [0.15, 0.2) is 0 Å². The second-order valence-corrected chi connectivity index (χ2v) is 9.64. The number of nitrogens with one attached hydrogen (secondary N) is 2.